The third-order valence-electron chi connectivity index (χ3n) is 1.11. The molecule has 0 aliphatic carbocycles. The van der Waals surface area contributed by atoms with E-state index in [2.05, 4.69) is 4.74 Å². The fourth-order valence-electron chi connectivity index (χ4n) is 0.656. The molecular weight excluding hydrogens is 276 g/mol. The van der Waals surface area contributed by atoms with Crippen LogP contribution >= 0.6 is 22.6 Å². The molecule has 12 heavy (non-hydrogen) atoms. The van der Waals surface area contributed by atoms with Gasteiger partial charge in [-0.15, -0.1) is 0 Å². The molecule has 5 heteroatoms. The molecular formula is C7H5FINO2. The second-order valence-electron chi connectivity index (χ2n) is 2.00. The molecule has 0 bridgehead atoms. The third kappa shape index (κ3) is 2.33. The van der Waals surface area contributed by atoms with Crippen molar-refractivity contribution < 1.29 is 13.9 Å². The molecule has 2 N–H and O–H groups in total. The first-order valence-electron chi connectivity index (χ1n) is 3.02. The van der Waals surface area contributed by atoms with Crippen molar-refractivity contribution in [3.8, 4) is 5.75 Å². The van der Waals surface area contributed by atoms with Crippen LogP contribution in [-0.4, -0.2) is 6.09 Å². The van der Waals surface area contributed by atoms with Crippen molar-refractivity contribution in [3.05, 3.63) is 27.6 Å². The number of hydrogen-bond acceptors (Lipinski definition) is 2. The van der Waals surface area contributed by atoms with Gasteiger partial charge in [-0.3, -0.25) is 0 Å². The molecule has 64 valence electrons. The molecule has 0 unspecified atom stereocenters. The summed E-state index contributed by atoms with van der Waals surface area (Å²) in [6, 6.07) is 4.07. The lowest BCUT2D eigenvalue weighted by molar-refractivity contribution is 0.210. The van der Waals surface area contributed by atoms with Crippen molar-refractivity contribution in [2.24, 2.45) is 5.73 Å². The molecule has 0 fully saturated rings. The van der Waals surface area contributed by atoms with Crippen molar-refractivity contribution in [1.82, 2.24) is 0 Å². The average Bonchev–Trinajstić information content (AvgIpc) is 1.96. The number of halogens is 2. The Labute approximate surface area is 81.8 Å². The summed E-state index contributed by atoms with van der Waals surface area (Å²) in [4.78, 5) is 10.2. The van der Waals surface area contributed by atoms with Crippen LogP contribution < -0.4 is 10.5 Å². The summed E-state index contributed by atoms with van der Waals surface area (Å²) >= 11 is 1.83. The zero-order valence-corrected chi connectivity index (χ0v) is 8.04. The number of benzene rings is 1. The molecule has 0 spiro atoms. The minimum Gasteiger partial charge on any atom is -0.410 e. The first kappa shape index (κ1) is 9.24. The van der Waals surface area contributed by atoms with E-state index >= 15 is 0 Å². The van der Waals surface area contributed by atoms with E-state index in [0.29, 0.717) is 3.57 Å². The van der Waals surface area contributed by atoms with Gasteiger partial charge >= 0.3 is 6.09 Å². The number of primary amides is 1. The van der Waals surface area contributed by atoms with Crippen LogP contribution in [0.25, 0.3) is 0 Å². The Morgan fingerprint density at radius 2 is 2.25 bits per heavy atom. The Balaban J connectivity index is 2.89. The fourth-order valence-corrected chi connectivity index (χ4v) is 0.992. The number of ether oxygens (including phenoxy) is 1. The average molecular weight is 281 g/mol. The largest absolute Gasteiger partial charge is 0.410 e. The van der Waals surface area contributed by atoms with Crippen LogP contribution in [0.2, 0.25) is 0 Å². The predicted octanol–water partition coefficient (Wildman–Crippen LogP) is 1.89. The van der Waals surface area contributed by atoms with Gasteiger partial charge in [-0.05, 0) is 34.7 Å². The summed E-state index contributed by atoms with van der Waals surface area (Å²) in [5.74, 6) is -0.324. The van der Waals surface area contributed by atoms with Gasteiger partial charge < -0.3 is 10.5 Å². The normalized spacial score (nSPS) is 9.50. The summed E-state index contributed by atoms with van der Waals surface area (Å²) in [5.41, 5.74) is 4.73. The quantitative estimate of drug-likeness (QED) is 0.799. The van der Waals surface area contributed by atoms with Gasteiger partial charge in [0.1, 0.15) is 11.6 Å². The molecule has 0 aliphatic rings. The minimum atomic E-state index is -0.949. The van der Waals surface area contributed by atoms with Crippen molar-refractivity contribution in [2.45, 2.75) is 0 Å². The molecule has 0 aliphatic heterocycles. The van der Waals surface area contributed by atoms with E-state index in [0.717, 1.165) is 6.07 Å². The molecule has 0 aromatic heterocycles. The van der Waals surface area contributed by atoms with Crippen molar-refractivity contribution in [3.63, 3.8) is 0 Å². The van der Waals surface area contributed by atoms with E-state index in [-0.39, 0.29) is 5.75 Å². The van der Waals surface area contributed by atoms with Crippen molar-refractivity contribution in [2.75, 3.05) is 0 Å². The summed E-state index contributed by atoms with van der Waals surface area (Å²) in [5, 5.41) is 0. The first-order valence-corrected chi connectivity index (χ1v) is 4.10. The molecule has 0 heterocycles. The molecule has 0 saturated carbocycles. The number of carbonyl (C=O) groups is 1. The lowest BCUT2D eigenvalue weighted by atomic mass is 10.3. The second kappa shape index (κ2) is 3.70. The molecule has 0 radical (unpaired) electrons. The highest BCUT2D eigenvalue weighted by Gasteiger charge is 2.02. The highest BCUT2D eigenvalue weighted by atomic mass is 127. The van der Waals surface area contributed by atoms with E-state index in [1.54, 1.807) is 0 Å². The predicted molar refractivity (Wildman–Crippen MR) is 49.3 cm³/mol. The van der Waals surface area contributed by atoms with Crippen LogP contribution in [0.5, 0.6) is 5.75 Å². The van der Waals surface area contributed by atoms with Crippen LogP contribution in [0.3, 0.4) is 0 Å². The lowest BCUT2D eigenvalue weighted by Crippen LogP contribution is -2.16. The summed E-state index contributed by atoms with van der Waals surface area (Å²) in [7, 11) is 0. The zero-order chi connectivity index (χ0) is 9.14. The monoisotopic (exact) mass is 281 g/mol. The Morgan fingerprint density at radius 3 is 2.75 bits per heavy atom. The molecule has 1 aromatic carbocycles. The number of carbonyl (C=O) groups excluding carboxylic acids is 1. The molecule has 3 nitrogen and oxygen atoms in total. The lowest BCUT2D eigenvalue weighted by Gasteiger charge is -2.00. The van der Waals surface area contributed by atoms with Gasteiger partial charge in [0.15, 0.2) is 0 Å². The standard InChI is InChI=1S/C7H5FINO2/c8-5-3-4(12-7(10)11)1-2-6(5)9/h1-3H,(H2,10,11). The Kier molecular flexibility index (Phi) is 2.85. The number of hydrogen-bond donors (Lipinski definition) is 1. The van der Waals surface area contributed by atoms with Gasteiger partial charge in [0.05, 0.1) is 0 Å². The van der Waals surface area contributed by atoms with Crippen molar-refractivity contribution in [1.29, 1.82) is 0 Å². The van der Waals surface area contributed by atoms with Crippen molar-refractivity contribution >= 4 is 28.7 Å². The van der Waals surface area contributed by atoms with E-state index in [1.165, 1.54) is 12.1 Å². The van der Waals surface area contributed by atoms with Gasteiger partial charge in [-0.25, -0.2) is 9.18 Å². The number of rotatable bonds is 1. The van der Waals surface area contributed by atoms with Gasteiger partial charge in [-0.2, -0.15) is 0 Å². The number of nitrogens with two attached hydrogens (primary N) is 1. The topological polar surface area (TPSA) is 52.3 Å². The van der Waals surface area contributed by atoms with E-state index in [4.69, 9.17) is 5.73 Å². The third-order valence-corrected chi connectivity index (χ3v) is 1.98. The molecule has 1 rings (SSSR count). The van der Waals surface area contributed by atoms with Crippen LogP contribution in [0, 0.1) is 9.39 Å². The highest BCUT2D eigenvalue weighted by molar-refractivity contribution is 14.1. The van der Waals surface area contributed by atoms with Gasteiger partial charge in [-0.1, -0.05) is 0 Å². The SMILES string of the molecule is NC(=O)Oc1ccc(I)c(F)c1. The highest BCUT2D eigenvalue weighted by Crippen LogP contribution is 2.17. The summed E-state index contributed by atoms with van der Waals surface area (Å²) < 4.78 is 17.7. The van der Waals surface area contributed by atoms with E-state index in [9.17, 15) is 9.18 Å². The minimum absolute atomic E-state index is 0.111. The Morgan fingerprint density at radius 1 is 1.58 bits per heavy atom. The zero-order valence-electron chi connectivity index (χ0n) is 5.88. The number of amides is 1. The molecule has 0 saturated heterocycles. The van der Waals surface area contributed by atoms with Crippen LogP contribution in [-0.2, 0) is 0 Å². The van der Waals surface area contributed by atoms with Gasteiger partial charge in [0.2, 0.25) is 0 Å². The summed E-state index contributed by atoms with van der Waals surface area (Å²) in [6.07, 6.45) is -0.949. The van der Waals surface area contributed by atoms with Crippen LogP contribution in [0.1, 0.15) is 0 Å². The molecule has 1 aromatic rings. The van der Waals surface area contributed by atoms with Gasteiger partial charge in [0.25, 0.3) is 0 Å². The molecule has 1 amide bonds. The Hall–Kier alpha value is -0.850. The van der Waals surface area contributed by atoms with E-state index < -0.39 is 11.9 Å². The summed E-state index contributed by atoms with van der Waals surface area (Å²) in [6.45, 7) is 0. The molecule has 0 atom stereocenters. The maximum Gasteiger partial charge on any atom is 0.409 e. The smallest absolute Gasteiger partial charge is 0.409 e. The second-order valence-corrected chi connectivity index (χ2v) is 3.16. The first-order chi connectivity index (χ1) is 5.59. The maximum absolute atomic E-state index is 12.8. The van der Waals surface area contributed by atoms with Crippen LogP contribution in [0.4, 0.5) is 9.18 Å². The maximum atomic E-state index is 12.8. The van der Waals surface area contributed by atoms with Gasteiger partial charge in [0, 0.05) is 9.64 Å². The van der Waals surface area contributed by atoms with E-state index in [1.807, 2.05) is 22.6 Å². The Bertz CT molecular complexity index is 316. The van der Waals surface area contributed by atoms with Crippen LogP contribution in [0.15, 0.2) is 18.2 Å². The fraction of sp³-hybridized carbons (Fsp3) is 0.